The Morgan fingerprint density at radius 2 is 1.83 bits per heavy atom. The van der Waals surface area contributed by atoms with Crippen molar-refractivity contribution in [2.75, 3.05) is 25.0 Å². The SMILES string of the molecule is CC1(C)CC(CC(CNc2cccc(S(=O)(=O)NC(=O)c3ccc(-n4ccc(OCCC5CC5C(F)(F)F)n4)nc3Cl)n2)c2ccccc2)CN1C(=O)O. The second-order valence-electron chi connectivity index (χ2n) is 14.2. The van der Waals surface area contributed by atoms with Gasteiger partial charge in [0.05, 0.1) is 18.1 Å². The minimum atomic E-state index is -4.46. The topological polar surface area (TPSA) is 169 Å². The summed E-state index contributed by atoms with van der Waals surface area (Å²) in [6.07, 6.45) is -1.92. The third-order valence-electron chi connectivity index (χ3n) is 9.79. The van der Waals surface area contributed by atoms with Crippen molar-refractivity contribution < 1.29 is 41.0 Å². The van der Waals surface area contributed by atoms with Gasteiger partial charge in [0.25, 0.3) is 15.9 Å². The molecule has 18 heteroatoms. The zero-order chi connectivity index (χ0) is 38.8. The van der Waals surface area contributed by atoms with Crippen LogP contribution in [0.4, 0.5) is 23.8 Å². The third-order valence-corrected chi connectivity index (χ3v) is 11.3. The first kappa shape index (κ1) is 38.8. The van der Waals surface area contributed by atoms with Gasteiger partial charge in [-0.15, -0.1) is 5.10 Å². The molecule has 6 rings (SSSR count). The number of amides is 2. The quantitative estimate of drug-likeness (QED) is 0.116. The Kier molecular flexibility index (Phi) is 11.1. The number of sulfonamides is 1. The molecule has 54 heavy (non-hydrogen) atoms. The van der Waals surface area contributed by atoms with Gasteiger partial charge in [-0.3, -0.25) is 4.79 Å². The summed E-state index contributed by atoms with van der Waals surface area (Å²) in [5, 5.41) is 16.4. The van der Waals surface area contributed by atoms with Crippen LogP contribution in [0, 0.1) is 17.8 Å². The maximum atomic E-state index is 13.3. The monoisotopic (exact) mass is 789 g/mol. The molecule has 1 aromatic carbocycles. The standard InChI is InChI=1S/C36H39ClF3N7O6S/c1-35(2)19-22(21-46(35)34(49)50)17-25(23-7-4-3-5-8-23)20-41-28-9-6-10-31(42-28)54(51,52)45-33(48)26-11-12-29(43-32(26)37)47-15-13-30(44-47)53-16-14-24-18-27(24)36(38,39)40/h3-13,15,22,24-25,27H,14,16-21H2,1-2H3,(H,41,42)(H,45,48)(H,49,50). The lowest BCUT2D eigenvalue weighted by Gasteiger charge is -2.28. The number of nitrogens with zero attached hydrogens (tertiary/aromatic N) is 5. The fraction of sp³-hybridized carbons (Fsp3) is 0.417. The van der Waals surface area contributed by atoms with Gasteiger partial charge in [-0.1, -0.05) is 48.0 Å². The van der Waals surface area contributed by atoms with Crippen molar-refractivity contribution in [1.29, 1.82) is 0 Å². The Hall–Kier alpha value is -4.90. The van der Waals surface area contributed by atoms with Gasteiger partial charge in [0.2, 0.25) is 5.88 Å². The van der Waals surface area contributed by atoms with Crippen molar-refractivity contribution in [3.05, 3.63) is 89.2 Å². The van der Waals surface area contributed by atoms with Crippen molar-refractivity contribution >= 4 is 39.4 Å². The molecule has 0 bridgehead atoms. The maximum absolute atomic E-state index is 13.3. The van der Waals surface area contributed by atoms with E-state index >= 15 is 0 Å². The third kappa shape index (κ3) is 9.24. The highest BCUT2D eigenvalue weighted by molar-refractivity contribution is 7.90. The number of halogens is 4. The maximum Gasteiger partial charge on any atom is 0.407 e. The highest BCUT2D eigenvalue weighted by Gasteiger charge is 2.55. The van der Waals surface area contributed by atoms with E-state index < -0.39 is 50.6 Å². The van der Waals surface area contributed by atoms with Gasteiger partial charge >= 0.3 is 12.3 Å². The largest absolute Gasteiger partial charge is 0.477 e. The molecule has 288 valence electrons. The number of anilines is 1. The molecular weight excluding hydrogens is 751 g/mol. The van der Waals surface area contributed by atoms with Crippen LogP contribution in [0.5, 0.6) is 5.88 Å². The number of aromatic nitrogens is 4. The van der Waals surface area contributed by atoms with Crippen molar-refractivity contribution in [1.82, 2.24) is 29.4 Å². The second-order valence-corrected chi connectivity index (χ2v) is 16.2. The van der Waals surface area contributed by atoms with Crippen LogP contribution >= 0.6 is 11.6 Å². The first-order valence-electron chi connectivity index (χ1n) is 17.3. The van der Waals surface area contributed by atoms with Crippen LogP contribution in [0.25, 0.3) is 5.82 Å². The number of likely N-dealkylation sites (tertiary alicyclic amines) is 1. The first-order chi connectivity index (χ1) is 25.5. The van der Waals surface area contributed by atoms with Gasteiger partial charge in [0, 0.05) is 36.8 Å². The van der Waals surface area contributed by atoms with E-state index in [1.807, 2.05) is 48.9 Å². The molecule has 3 aromatic heterocycles. The molecular formula is C36H39ClF3N7O6S. The van der Waals surface area contributed by atoms with Crippen molar-refractivity contribution in [3.8, 4) is 11.7 Å². The van der Waals surface area contributed by atoms with Gasteiger partial charge in [0.1, 0.15) is 11.0 Å². The summed E-state index contributed by atoms with van der Waals surface area (Å²) in [5.74, 6) is -2.11. The summed E-state index contributed by atoms with van der Waals surface area (Å²) < 4.78 is 73.6. The number of hydrogen-bond acceptors (Lipinski definition) is 9. The second kappa shape index (κ2) is 15.5. The van der Waals surface area contributed by atoms with E-state index in [-0.39, 0.29) is 59.5 Å². The van der Waals surface area contributed by atoms with E-state index in [0.29, 0.717) is 25.9 Å². The molecule has 1 aliphatic carbocycles. The average Bonchev–Trinajstić information content (AvgIpc) is 3.64. The first-order valence-corrected chi connectivity index (χ1v) is 19.1. The Labute approximate surface area is 314 Å². The number of alkyl halides is 3. The highest BCUT2D eigenvalue weighted by atomic mass is 35.5. The molecule has 4 atom stereocenters. The predicted molar refractivity (Wildman–Crippen MR) is 192 cm³/mol. The molecule has 1 saturated heterocycles. The number of pyridine rings is 2. The van der Waals surface area contributed by atoms with Crippen LogP contribution < -0.4 is 14.8 Å². The Balaban J connectivity index is 1.06. The lowest BCUT2D eigenvalue weighted by molar-refractivity contribution is -0.151. The molecule has 1 saturated carbocycles. The summed E-state index contributed by atoms with van der Waals surface area (Å²) in [5.41, 5.74) is 0.323. The molecule has 4 aromatic rings. The van der Waals surface area contributed by atoms with Crippen LogP contribution in [0.15, 0.2) is 78.0 Å². The fourth-order valence-corrected chi connectivity index (χ4v) is 8.15. The number of carbonyl (C=O) groups is 2. The number of nitrogens with one attached hydrogen (secondary N) is 2. The van der Waals surface area contributed by atoms with Gasteiger partial charge in [0.15, 0.2) is 10.8 Å². The Bertz CT molecular complexity index is 2100. The van der Waals surface area contributed by atoms with E-state index in [1.54, 1.807) is 6.07 Å². The lowest BCUT2D eigenvalue weighted by Crippen LogP contribution is -2.41. The van der Waals surface area contributed by atoms with Crippen LogP contribution in [0.2, 0.25) is 5.15 Å². The summed E-state index contributed by atoms with van der Waals surface area (Å²) in [4.78, 5) is 34.8. The number of carboxylic acid groups (broad SMARTS) is 1. The number of carbonyl (C=O) groups excluding carboxylic acids is 1. The molecule has 2 fully saturated rings. The van der Waals surface area contributed by atoms with Gasteiger partial charge in [-0.25, -0.2) is 24.2 Å². The zero-order valence-corrected chi connectivity index (χ0v) is 30.9. The number of benzene rings is 1. The van der Waals surface area contributed by atoms with Crippen molar-refractivity contribution in [3.63, 3.8) is 0 Å². The van der Waals surface area contributed by atoms with E-state index in [0.717, 1.165) is 5.56 Å². The van der Waals surface area contributed by atoms with Gasteiger partial charge in [-0.2, -0.15) is 21.6 Å². The van der Waals surface area contributed by atoms with Crippen LogP contribution in [0.3, 0.4) is 0 Å². The molecule has 13 nitrogen and oxygen atoms in total. The molecule has 3 N–H and O–H groups in total. The van der Waals surface area contributed by atoms with Crippen molar-refractivity contribution in [2.24, 2.45) is 17.8 Å². The fourth-order valence-electron chi connectivity index (χ4n) is 6.98. The van der Waals surface area contributed by atoms with Crippen LogP contribution in [-0.2, 0) is 10.0 Å². The summed E-state index contributed by atoms with van der Waals surface area (Å²) in [7, 11) is -4.46. The molecule has 4 unspecified atom stereocenters. The molecule has 4 heterocycles. The van der Waals surface area contributed by atoms with E-state index in [9.17, 15) is 36.3 Å². The summed E-state index contributed by atoms with van der Waals surface area (Å²) >= 11 is 6.29. The smallest absolute Gasteiger partial charge is 0.407 e. The molecule has 0 spiro atoms. The molecule has 2 amide bonds. The Morgan fingerprint density at radius 3 is 2.50 bits per heavy atom. The van der Waals surface area contributed by atoms with E-state index in [1.165, 1.54) is 46.1 Å². The normalized spacial score (nSPS) is 20.0. The molecule has 0 radical (unpaired) electrons. The van der Waals surface area contributed by atoms with Crippen LogP contribution in [-0.4, -0.2) is 81.6 Å². The zero-order valence-electron chi connectivity index (χ0n) is 29.3. The van der Waals surface area contributed by atoms with Gasteiger partial charge < -0.3 is 20.1 Å². The lowest BCUT2D eigenvalue weighted by atomic mass is 9.85. The number of rotatable bonds is 14. The number of ether oxygens (including phenoxy) is 1. The predicted octanol–water partition coefficient (Wildman–Crippen LogP) is 6.77. The van der Waals surface area contributed by atoms with E-state index in [2.05, 4.69) is 20.4 Å². The van der Waals surface area contributed by atoms with Crippen molar-refractivity contribution in [2.45, 2.75) is 62.2 Å². The molecule has 1 aliphatic heterocycles. The van der Waals surface area contributed by atoms with Crippen LogP contribution in [0.1, 0.15) is 61.4 Å². The Morgan fingerprint density at radius 1 is 1.07 bits per heavy atom. The summed E-state index contributed by atoms with van der Waals surface area (Å²) in [6, 6.07) is 18.3. The van der Waals surface area contributed by atoms with Gasteiger partial charge in [-0.05, 0) is 81.2 Å². The van der Waals surface area contributed by atoms with E-state index in [4.69, 9.17) is 16.3 Å². The number of hydrogen-bond donors (Lipinski definition) is 3. The minimum absolute atomic E-state index is 0.0388. The highest BCUT2D eigenvalue weighted by Crippen LogP contribution is 2.51. The average molecular weight is 790 g/mol. The molecule has 2 aliphatic rings. The minimum Gasteiger partial charge on any atom is -0.477 e. The summed E-state index contributed by atoms with van der Waals surface area (Å²) in [6.45, 7) is 4.70.